The first-order valence-electron chi connectivity index (χ1n) is 6.95. The zero-order valence-corrected chi connectivity index (χ0v) is 12.4. The SMILES string of the molecule is CCOC(=O)Cc1ccccc1N[C@@H](CCC(N)=O)C(=O)O. The van der Waals surface area contributed by atoms with E-state index < -0.39 is 17.9 Å². The van der Waals surface area contributed by atoms with Crippen molar-refractivity contribution < 1.29 is 24.2 Å². The molecule has 0 aliphatic heterocycles. The Kier molecular flexibility index (Phi) is 6.88. The summed E-state index contributed by atoms with van der Waals surface area (Å²) in [5.41, 5.74) is 6.19. The number of carbonyl (C=O) groups excluding carboxylic acids is 2. The monoisotopic (exact) mass is 308 g/mol. The van der Waals surface area contributed by atoms with Gasteiger partial charge in [0.25, 0.3) is 0 Å². The van der Waals surface area contributed by atoms with Gasteiger partial charge in [0.1, 0.15) is 6.04 Å². The largest absolute Gasteiger partial charge is 0.480 e. The van der Waals surface area contributed by atoms with Crippen LogP contribution in [0.25, 0.3) is 0 Å². The predicted octanol–water partition coefficient (Wildman–Crippen LogP) is 0.923. The second-order valence-electron chi connectivity index (χ2n) is 4.68. The van der Waals surface area contributed by atoms with Crippen LogP contribution in [0, 0.1) is 0 Å². The van der Waals surface area contributed by atoms with Crippen molar-refractivity contribution in [3.63, 3.8) is 0 Å². The highest BCUT2D eigenvalue weighted by Crippen LogP contribution is 2.18. The van der Waals surface area contributed by atoms with Crippen LogP contribution in [-0.4, -0.2) is 35.6 Å². The molecule has 0 radical (unpaired) electrons. The van der Waals surface area contributed by atoms with Crippen molar-refractivity contribution in [2.45, 2.75) is 32.2 Å². The molecule has 0 unspecified atom stereocenters. The Bertz CT molecular complexity index is 544. The number of amides is 1. The van der Waals surface area contributed by atoms with Crippen LogP contribution in [0.2, 0.25) is 0 Å². The Morgan fingerprint density at radius 1 is 1.32 bits per heavy atom. The van der Waals surface area contributed by atoms with E-state index >= 15 is 0 Å². The van der Waals surface area contributed by atoms with Gasteiger partial charge in [0, 0.05) is 12.1 Å². The van der Waals surface area contributed by atoms with Gasteiger partial charge in [-0.3, -0.25) is 9.59 Å². The number of esters is 1. The molecule has 22 heavy (non-hydrogen) atoms. The zero-order valence-electron chi connectivity index (χ0n) is 12.4. The summed E-state index contributed by atoms with van der Waals surface area (Å²) in [5, 5.41) is 12.0. The summed E-state index contributed by atoms with van der Waals surface area (Å²) in [6.07, 6.45) is 0.0710. The summed E-state index contributed by atoms with van der Waals surface area (Å²) in [7, 11) is 0. The smallest absolute Gasteiger partial charge is 0.326 e. The zero-order chi connectivity index (χ0) is 16.5. The number of hydrogen-bond donors (Lipinski definition) is 3. The number of hydrogen-bond acceptors (Lipinski definition) is 5. The van der Waals surface area contributed by atoms with E-state index in [1.807, 2.05) is 0 Å². The lowest BCUT2D eigenvalue weighted by atomic mass is 10.1. The number of carboxylic acid groups (broad SMARTS) is 1. The van der Waals surface area contributed by atoms with Gasteiger partial charge in [0.15, 0.2) is 0 Å². The number of anilines is 1. The van der Waals surface area contributed by atoms with E-state index in [2.05, 4.69) is 5.32 Å². The average Bonchev–Trinajstić information content (AvgIpc) is 2.44. The van der Waals surface area contributed by atoms with Crippen molar-refractivity contribution in [1.29, 1.82) is 0 Å². The lowest BCUT2D eigenvalue weighted by Crippen LogP contribution is -2.31. The quantitative estimate of drug-likeness (QED) is 0.584. The summed E-state index contributed by atoms with van der Waals surface area (Å²) in [4.78, 5) is 33.6. The minimum atomic E-state index is -1.09. The van der Waals surface area contributed by atoms with Gasteiger partial charge >= 0.3 is 11.9 Å². The number of nitrogens with one attached hydrogen (secondary N) is 1. The summed E-state index contributed by atoms with van der Waals surface area (Å²) in [6.45, 7) is 2.00. The maximum Gasteiger partial charge on any atom is 0.326 e. The van der Waals surface area contributed by atoms with Gasteiger partial charge in [0.2, 0.25) is 5.91 Å². The van der Waals surface area contributed by atoms with Crippen LogP contribution in [0.5, 0.6) is 0 Å². The minimum Gasteiger partial charge on any atom is -0.480 e. The number of benzene rings is 1. The number of carboxylic acids is 1. The summed E-state index contributed by atoms with van der Waals surface area (Å²) < 4.78 is 4.89. The molecule has 4 N–H and O–H groups in total. The molecule has 0 fully saturated rings. The second-order valence-corrected chi connectivity index (χ2v) is 4.68. The molecule has 7 nitrogen and oxygen atoms in total. The lowest BCUT2D eigenvalue weighted by molar-refractivity contribution is -0.142. The standard InChI is InChI=1S/C15H20N2O5/c1-2-22-14(19)9-10-5-3-4-6-11(10)17-12(15(20)21)7-8-13(16)18/h3-6,12,17H,2,7-9H2,1H3,(H2,16,18)(H,20,21)/t12-/m0/s1. The molecule has 0 saturated carbocycles. The second kappa shape index (κ2) is 8.66. The highest BCUT2D eigenvalue weighted by molar-refractivity contribution is 5.81. The highest BCUT2D eigenvalue weighted by atomic mass is 16.5. The van der Waals surface area contributed by atoms with Gasteiger partial charge < -0.3 is 20.9 Å². The third-order valence-corrected chi connectivity index (χ3v) is 2.96. The molecule has 0 saturated heterocycles. The third kappa shape index (κ3) is 5.82. The number of para-hydroxylation sites is 1. The van der Waals surface area contributed by atoms with Crippen LogP contribution in [0.4, 0.5) is 5.69 Å². The van der Waals surface area contributed by atoms with Crippen LogP contribution in [0.1, 0.15) is 25.3 Å². The van der Waals surface area contributed by atoms with Gasteiger partial charge in [-0.1, -0.05) is 18.2 Å². The van der Waals surface area contributed by atoms with Crippen LogP contribution >= 0.6 is 0 Å². The fourth-order valence-corrected chi connectivity index (χ4v) is 1.91. The Labute approximate surface area is 128 Å². The van der Waals surface area contributed by atoms with Crippen molar-refractivity contribution >= 4 is 23.5 Å². The van der Waals surface area contributed by atoms with E-state index in [4.69, 9.17) is 10.5 Å². The number of nitrogens with two attached hydrogens (primary N) is 1. The van der Waals surface area contributed by atoms with Gasteiger partial charge in [-0.2, -0.15) is 0 Å². The fourth-order valence-electron chi connectivity index (χ4n) is 1.91. The molecule has 1 rings (SSSR count). The first-order valence-corrected chi connectivity index (χ1v) is 6.95. The molecule has 0 heterocycles. The molecule has 120 valence electrons. The minimum absolute atomic E-state index is 0.0377. The normalized spacial score (nSPS) is 11.5. The first kappa shape index (κ1) is 17.5. The average molecular weight is 308 g/mol. The number of aliphatic carboxylic acids is 1. The van der Waals surface area contributed by atoms with E-state index in [0.29, 0.717) is 11.3 Å². The molecular formula is C15H20N2O5. The van der Waals surface area contributed by atoms with E-state index in [1.54, 1.807) is 31.2 Å². The van der Waals surface area contributed by atoms with E-state index in [9.17, 15) is 19.5 Å². The van der Waals surface area contributed by atoms with Gasteiger partial charge in [-0.15, -0.1) is 0 Å². The van der Waals surface area contributed by atoms with Gasteiger partial charge in [0.05, 0.1) is 13.0 Å². The molecular weight excluding hydrogens is 288 g/mol. The summed E-state index contributed by atoms with van der Waals surface area (Å²) in [6, 6.07) is 5.90. The molecule has 0 bridgehead atoms. The highest BCUT2D eigenvalue weighted by Gasteiger charge is 2.19. The molecule has 1 amide bonds. The van der Waals surface area contributed by atoms with Crippen molar-refractivity contribution in [3.8, 4) is 0 Å². The summed E-state index contributed by atoms with van der Waals surface area (Å²) >= 11 is 0. The van der Waals surface area contributed by atoms with E-state index in [-0.39, 0.29) is 31.8 Å². The molecule has 1 aromatic carbocycles. The van der Waals surface area contributed by atoms with Crippen LogP contribution in [0.15, 0.2) is 24.3 Å². The van der Waals surface area contributed by atoms with E-state index in [1.165, 1.54) is 0 Å². The molecule has 7 heteroatoms. The Morgan fingerprint density at radius 3 is 2.59 bits per heavy atom. The number of ether oxygens (including phenoxy) is 1. The third-order valence-electron chi connectivity index (χ3n) is 2.96. The van der Waals surface area contributed by atoms with Gasteiger partial charge in [-0.05, 0) is 25.0 Å². The Hall–Kier alpha value is -2.57. The molecule has 1 atom stereocenters. The Morgan fingerprint density at radius 2 is 2.00 bits per heavy atom. The van der Waals surface area contributed by atoms with Crippen LogP contribution in [0.3, 0.4) is 0 Å². The maximum atomic E-state index is 11.6. The predicted molar refractivity (Wildman–Crippen MR) is 80.3 cm³/mol. The van der Waals surface area contributed by atoms with Crippen molar-refractivity contribution in [2.75, 3.05) is 11.9 Å². The topological polar surface area (TPSA) is 119 Å². The van der Waals surface area contributed by atoms with Crippen molar-refractivity contribution in [3.05, 3.63) is 29.8 Å². The fraction of sp³-hybridized carbons (Fsp3) is 0.400. The maximum absolute atomic E-state index is 11.6. The number of primary amides is 1. The number of carbonyl (C=O) groups is 3. The Balaban J connectivity index is 2.83. The molecule has 0 spiro atoms. The van der Waals surface area contributed by atoms with Crippen molar-refractivity contribution in [2.24, 2.45) is 5.73 Å². The number of rotatable bonds is 9. The molecule has 0 aliphatic rings. The molecule has 1 aromatic rings. The van der Waals surface area contributed by atoms with Crippen molar-refractivity contribution in [1.82, 2.24) is 0 Å². The molecule has 0 aliphatic carbocycles. The molecule has 0 aromatic heterocycles. The van der Waals surface area contributed by atoms with Gasteiger partial charge in [-0.25, -0.2) is 4.79 Å². The lowest BCUT2D eigenvalue weighted by Gasteiger charge is -2.17. The first-order chi connectivity index (χ1) is 10.4. The van der Waals surface area contributed by atoms with Crippen LogP contribution < -0.4 is 11.1 Å². The summed E-state index contributed by atoms with van der Waals surface area (Å²) in [5.74, 6) is -2.04. The van der Waals surface area contributed by atoms with E-state index in [0.717, 1.165) is 0 Å². The van der Waals surface area contributed by atoms with Crippen LogP contribution in [-0.2, 0) is 25.5 Å².